The van der Waals surface area contributed by atoms with Crippen LogP contribution in [0.15, 0.2) is 12.2 Å². The summed E-state index contributed by atoms with van der Waals surface area (Å²) in [7, 11) is 2.18. The summed E-state index contributed by atoms with van der Waals surface area (Å²) < 4.78 is 5.74. The molecule has 0 saturated heterocycles. The second-order valence-corrected chi connectivity index (χ2v) is 5.83. The lowest BCUT2D eigenvalue weighted by Crippen LogP contribution is -2.14. The highest BCUT2D eigenvalue weighted by atomic mass is 127. The van der Waals surface area contributed by atoms with Crippen LogP contribution in [0, 0.1) is 17.8 Å². The zero-order chi connectivity index (χ0) is 10.5. The number of hydrogen-bond donors (Lipinski definition) is 0. The summed E-state index contributed by atoms with van der Waals surface area (Å²) in [6, 6.07) is 0. The first-order chi connectivity index (χ1) is 7.43. The molecule has 15 heavy (non-hydrogen) atoms. The highest BCUT2D eigenvalue weighted by Crippen LogP contribution is 2.52. The molecule has 0 aromatic rings. The topological polar surface area (TPSA) is 9.23 Å². The van der Waals surface area contributed by atoms with Crippen molar-refractivity contribution in [3.05, 3.63) is 12.2 Å². The lowest BCUT2D eigenvalue weighted by molar-refractivity contribution is 0.307. The second-order valence-electron chi connectivity index (χ2n) is 4.75. The normalized spacial score (nSPS) is 35.7. The van der Waals surface area contributed by atoms with Gasteiger partial charge in [0.25, 0.3) is 0 Å². The first-order valence-corrected chi connectivity index (χ1v) is 7.74. The molecule has 0 aliphatic heterocycles. The van der Waals surface area contributed by atoms with Gasteiger partial charge in [-0.1, -0.05) is 12.2 Å². The molecule has 3 atom stereocenters. The van der Waals surface area contributed by atoms with Crippen molar-refractivity contribution in [1.82, 2.24) is 0 Å². The Kier molecular flexibility index (Phi) is 5.14. The molecule has 2 rings (SSSR count). The lowest BCUT2D eigenvalue weighted by Gasteiger charge is -2.00. The fourth-order valence-corrected chi connectivity index (χ4v) is 3.08. The molecule has 0 bridgehead atoms. The van der Waals surface area contributed by atoms with E-state index in [4.69, 9.17) is 4.65 Å². The van der Waals surface area contributed by atoms with E-state index >= 15 is 0 Å². The van der Waals surface area contributed by atoms with Crippen molar-refractivity contribution in [3.8, 4) is 0 Å². The molecule has 0 aromatic carbocycles. The molecule has 1 saturated carbocycles. The van der Waals surface area contributed by atoms with Crippen molar-refractivity contribution in [3.63, 3.8) is 0 Å². The van der Waals surface area contributed by atoms with Crippen molar-refractivity contribution < 1.29 is 4.65 Å². The van der Waals surface area contributed by atoms with Crippen molar-refractivity contribution in [2.24, 2.45) is 17.8 Å². The molecule has 1 nitrogen and oxygen atoms in total. The van der Waals surface area contributed by atoms with Gasteiger partial charge in [0.05, 0.1) is 0 Å². The minimum atomic E-state index is 0.891. The maximum atomic E-state index is 5.74. The fourth-order valence-electron chi connectivity index (χ4n) is 2.77. The van der Waals surface area contributed by atoms with Crippen LogP contribution in [0.4, 0.5) is 0 Å². The van der Waals surface area contributed by atoms with E-state index in [2.05, 4.69) is 34.5 Å². The summed E-state index contributed by atoms with van der Waals surface area (Å²) in [5, 5.41) is 1.22. The predicted octanol–water partition coefficient (Wildman–Crippen LogP) is 1.40. The Morgan fingerprint density at radius 1 is 1.33 bits per heavy atom. The first-order valence-electron chi connectivity index (χ1n) is 6.22. The Balaban J connectivity index is 1.65. The summed E-state index contributed by atoms with van der Waals surface area (Å²) in [5.41, 5.74) is 0. The maximum Gasteiger partial charge on any atom is 0.227 e. The molecular weight excluding hydrogens is 295 g/mol. The number of fused-ring (bicyclic) bond motifs is 1. The summed E-state index contributed by atoms with van der Waals surface area (Å²) in [5.74, 6) is 2.85. The molecule has 3 unspecified atom stereocenters. The van der Waals surface area contributed by atoms with E-state index in [0.717, 1.165) is 31.7 Å². The Morgan fingerprint density at radius 2 is 2.27 bits per heavy atom. The van der Waals surface area contributed by atoms with Gasteiger partial charge in [0.1, 0.15) is 7.06 Å². The van der Waals surface area contributed by atoms with Crippen LogP contribution in [-0.2, 0) is 4.65 Å². The van der Waals surface area contributed by atoms with E-state index in [-0.39, 0.29) is 0 Å². The van der Waals surface area contributed by atoms with E-state index in [1.54, 1.807) is 0 Å². The SMILES string of the molecule is IBBBOCC1C2C/C=C/CCCC21. The number of rotatable bonds is 5. The van der Waals surface area contributed by atoms with Crippen LogP contribution in [0.1, 0.15) is 25.7 Å². The summed E-state index contributed by atoms with van der Waals surface area (Å²) in [6.45, 7) is 1.03. The molecule has 0 amide bonds. The minimum Gasteiger partial charge on any atom is -0.449 e. The van der Waals surface area contributed by atoms with Gasteiger partial charge < -0.3 is 4.65 Å². The average Bonchev–Trinajstić information content (AvgIpc) is 2.83. The summed E-state index contributed by atoms with van der Waals surface area (Å²) in [4.78, 5) is 0. The maximum absolute atomic E-state index is 5.74. The zero-order valence-electron chi connectivity index (χ0n) is 9.33. The average molecular weight is 314 g/mol. The van der Waals surface area contributed by atoms with Crippen LogP contribution in [0.2, 0.25) is 0 Å². The van der Waals surface area contributed by atoms with Crippen LogP contribution >= 0.6 is 22.4 Å². The Labute approximate surface area is 108 Å². The summed E-state index contributed by atoms with van der Waals surface area (Å²) in [6.07, 6.45) is 10.2. The van der Waals surface area contributed by atoms with Gasteiger partial charge in [0.15, 0.2) is 5.03 Å². The summed E-state index contributed by atoms with van der Waals surface area (Å²) >= 11 is 2.41. The molecule has 0 aromatic heterocycles. The molecule has 80 valence electrons. The molecule has 2 aliphatic rings. The van der Waals surface area contributed by atoms with Gasteiger partial charge in [0.2, 0.25) is 7.37 Å². The van der Waals surface area contributed by atoms with E-state index in [1.165, 1.54) is 37.8 Å². The highest BCUT2D eigenvalue weighted by Gasteiger charge is 2.48. The van der Waals surface area contributed by atoms with Gasteiger partial charge in [0, 0.05) is 6.61 Å². The minimum absolute atomic E-state index is 0.891. The van der Waals surface area contributed by atoms with E-state index in [9.17, 15) is 0 Å². The van der Waals surface area contributed by atoms with Crippen molar-refractivity contribution in [1.29, 1.82) is 0 Å². The van der Waals surface area contributed by atoms with Crippen LogP contribution in [0.25, 0.3) is 0 Å². The second kappa shape index (κ2) is 6.38. The molecule has 1 fully saturated rings. The molecule has 2 aliphatic carbocycles. The van der Waals surface area contributed by atoms with Gasteiger partial charge >= 0.3 is 0 Å². The predicted molar refractivity (Wildman–Crippen MR) is 79.5 cm³/mol. The van der Waals surface area contributed by atoms with Crippen LogP contribution < -0.4 is 0 Å². The molecular formula is C10H18B3IO. The Morgan fingerprint density at radius 3 is 3.13 bits per heavy atom. The lowest BCUT2D eigenvalue weighted by atomic mass is 9.35. The number of allylic oxidation sites excluding steroid dienone is 2. The quantitative estimate of drug-likeness (QED) is 0.323. The highest BCUT2D eigenvalue weighted by molar-refractivity contribution is 14.1. The van der Waals surface area contributed by atoms with Gasteiger partial charge in [-0.2, -0.15) is 22.4 Å². The molecule has 0 heterocycles. The third kappa shape index (κ3) is 3.55. The number of halogens is 1. The molecule has 0 radical (unpaired) electrons. The molecule has 0 spiro atoms. The van der Waals surface area contributed by atoms with Crippen LogP contribution in [-0.4, -0.2) is 26.1 Å². The standard InChI is InChI=1S/C10H18B3IO/c14-12-11-13-15-7-10-8-5-3-1-2-4-6-9(8)10/h1,3,8-13H,2,4-7H2/b3-1+. The zero-order valence-corrected chi connectivity index (χ0v) is 11.5. The van der Waals surface area contributed by atoms with Crippen molar-refractivity contribution >= 4 is 41.8 Å². The van der Waals surface area contributed by atoms with Gasteiger partial charge in [-0.15, -0.1) is 0 Å². The van der Waals surface area contributed by atoms with Crippen molar-refractivity contribution in [2.75, 3.05) is 6.61 Å². The monoisotopic (exact) mass is 314 g/mol. The van der Waals surface area contributed by atoms with Crippen LogP contribution in [0.3, 0.4) is 0 Å². The van der Waals surface area contributed by atoms with Gasteiger partial charge in [-0.25, -0.2) is 0 Å². The van der Waals surface area contributed by atoms with Gasteiger partial charge in [-0.3, -0.25) is 0 Å². The first kappa shape index (κ1) is 12.1. The Hall–Kier alpha value is 0.625. The third-order valence-electron chi connectivity index (χ3n) is 3.72. The molecule has 5 heteroatoms. The largest absolute Gasteiger partial charge is 0.449 e. The van der Waals surface area contributed by atoms with E-state index < -0.39 is 0 Å². The van der Waals surface area contributed by atoms with E-state index in [0.29, 0.717) is 0 Å². The van der Waals surface area contributed by atoms with Gasteiger partial charge in [-0.05, 0) is 43.4 Å². The third-order valence-corrected chi connectivity index (χ3v) is 4.49. The fraction of sp³-hybridized carbons (Fsp3) is 0.800. The molecule has 0 N–H and O–H groups in total. The Bertz CT molecular complexity index is 225. The van der Waals surface area contributed by atoms with Crippen molar-refractivity contribution in [2.45, 2.75) is 25.7 Å². The van der Waals surface area contributed by atoms with E-state index in [1.807, 2.05) is 0 Å². The smallest absolute Gasteiger partial charge is 0.227 e. The number of hydrogen-bond acceptors (Lipinski definition) is 1. The van der Waals surface area contributed by atoms with Crippen LogP contribution in [0.5, 0.6) is 0 Å².